The van der Waals surface area contributed by atoms with Gasteiger partial charge in [0.1, 0.15) is 6.54 Å². The maximum atomic E-state index is 12.1. The van der Waals surface area contributed by atoms with Crippen molar-refractivity contribution in [3.8, 4) is 0 Å². The third-order valence-corrected chi connectivity index (χ3v) is 3.87. The fourth-order valence-corrected chi connectivity index (χ4v) is 2.78. The number of carbonyl (C=O) groups excluding carboxylic acids is 1. The Morgan fingerprint density at radius 3 is 2.38 bits per heavy atom. The van der Waals surface area contributed by atoms with Crippen LogP contribution in [0.25, 0.3) is 0 Å². The topological polar surface area (TPSA) is 57.6 Å². The molecule has 1 rings (SSSR count). The van der Waals surface area contributed by atoms with Gasteiger partial charge in [-0.25, -0.2) is 0 Å². The molecule has 0 aliphatic carbocycles. The van der Waals surface area contributed by atoms with E-state index in [2.05, 4.69) is 12.1 Å². The second-order valence-corrected chi connectivity index (χ2v) is 6.53. The third-order valence-electron chi connectivity index (χ3n) is 2.88. The van der Waals surface area contributed by atoms with Crippen LogP contribution in [0, 0.1) is 12.8 Å². The summed E-state index contributed by atoms with van der Waals surface area (Å²) < 4.78 is 0. The van der Waals surface area contributed by atoms with Gasteiger partial charge in [0.25, 0.3) is 0 Å². The fourth-order valence-electron chi connectivity index (χ4n) is 1.89. The first-order valence-corrected chi connectivity index (χ1v) is 8.16. The molecule has 116 valence electrons. The first-order chi connectivity index (χ1) is 9.88. The van der Waals surface area contributed by atoms with Gasteiger partial charge in [-0.15, -0.1) is 11.8 Å². The lowest BCUT2D eigenvalue weighted by molar-refractivity contribution is -0.143. The van der Waals surface area contributed by atoms with Crippen LogP contribution in [0.1, 0.15) is 25.0 Å². The number of aliphatic carboxylic acids is 1. The van der Waals surface area contributed by atoms with Crippen molar-refractivity contribution in [2.75, 3.05) is 18.8 Å². The van der Waals surface area contributed by atoms with E-state index in [1.54, 1.807) is 0 Å². The maximum Gasteiger partial charge on any atom is 0.323 e. The van der Waals surface area contributed by atoms with Crippen LogP contribution in [-0.4, -0.2) is 40.7 Å². The standard InChI is InChI=1S/C16H23NO3S/c1-12(2)8-17(9-16(19)20)15(18)11-21-10-14-6-4-13(3)5-7-14/h4-7,12H,8-11H2,1-3H3,(H,19,20). The Kier molecular flexibility index (Phi) is 7.29. The van der Waals surface area contributed by atoms with Gasteiger partial charge in [-0.05, 0) is 18.4 Å². The summed E-state index contributed by atoms with van der Waals surface area (Å²) in [5.41, 5.74) is 2.39. The summed E-state index contributed by atoms with van der Waals surface area (Å²) in [5, 5.41) is 8.87. The van der Waals surface area contributed by atoms with Crippen molar-refractivity contribution in [1.82, 2.24) is 4.90 Å². The first kappa shape index (κ1) is 17.6. The molecule has 21 heavy (non-hydrogen) atoms. The van der Waals surface area contributed by atoms with Crippen molar-refractivity contribution >= 4 is 23.6 Å². The number of hydrogen-bond donors (Lipinski definition) is 1. The normalized spacial score (nSPS) is 10.7. The van der Waals surface area contributed by atoms with Gasteiger partial charge in [0.2, 0.25) is 5.91 Å². The Balaban J connectivity index is 2.45. The van der Waals surface area contributed by atoms with Crippen molar-refractivity contribution in [3.05, 3.63) is 35.4 Å². The van der Waals surface area contributed by atoms with Gasteiger partial charge in [0.15, 0.2) is 0 Å². The van der Waals surface area contributed by atoms with Crippen LogP contribution in [-0.2, 0) is 15.3 Å². The molecule has 5 heteroatoms. The molecule has 1 aromatic rings. The lowest BCUT2D eigenvalue weighted by atomic mass is 10.2. The molecule has 1 amide bonds. The van der Waals surface area contributed by atoms with Crippen molar-refractivity contribution < 1.29 is 14.7 Å². The Bertz CT molecular complexity index is 471. The Morgan fingerprint density at radius 2 is 1.86 bits per heavy atom. The average molecular weight is 309 g/mol. The van der Waals surface area contributed by atoms with Crippen LogP contribution in [0.4, 0.5) is 0 Å². The molecule has 1 aromatic carbocycles. The quantitative estimate of drug-likeness (QED) is 0.802. The highest BCUT2D eigenvalue weighted by atomic mass is 32.2. The van der Waals surface area contributed by atoms with Gasteiger partial charge < -0.3 is 10.0 Å². The predicted molar refractivity (Wildman–Crippen MR) is 86.4 cm³/mol. The second kappa shape index (κ2) is 8.72. The van der Waals surface area contributed by atoms with E-state index in [1.165, 1.54) is 27.8 Å². The molecule has 0 aromatic heterocycles. The van der Waals surface area contributed by atoms with Gasteiger partial charge in [-0.1, -0.05) is 43.7 Å². The largest absolute Gasteiger partial charge is 0.480 e. The zero-order valence-electron chi connectivity index (χ0n) is 12.8. The zero-order valence-corrected chi connectivity index (χ0v) is 13.7. The minimum absolute atomic E-state index is 0.108. The van der Waals surface area contributed by atoms with E-state index in [-0.39, 0.29) is 18.4 Å². The molecule has 0 saturated heterocycles. The molecule has 0 atom stereocenters. The summed E-state index contributed by atoms with van der Waals surface area (Å²) >= 11 is 1.52. The van der Waals surface area contributed by atoms with Crippen LogP contribution >= 0.6 is 11.8 Å². The smallest absolute Gasteiger partial charge is 0.323 e. The lowest BCUT2D eigenvalue weighted by Crippen LogP contribution is -2.39. The molecular weight excluding hydrogens is 286 g/mol. The lowest BCUT2D eigenvalue weighted by Gasteiger charge is -2.22. The highest BCUT2D eigenvalue weighted by Crippen LogP contribution is 2.14. The van der Waals surface area contributed by atoms with E-state index in [4.69, 9.17) is 5.11 Å². The van der Waals surface area contributed by atoms with E-state index in [0.29, 0.717) is 12.3 Å². The molecule has 0 aliphatic rings. The van der Waals surface area contributed by atoms with Crippen LogP contribution in [0.15, 0.2) is 24.3 Å². The number of thioether (sulfide) groups is 1. The minimum Gasteiger partial charge on any atom is -0.480 e. The van der Waals surface area contributed by atoms with Crippen molar-refractivity contribution in [1.29, 1.82) is 0 Å². The van der Waals surface area contributed by atoms with Crippen molar-refractivity contribution in [3.63, 3.8) is 0 Å². The van der Waals surface area contributed by atoms with Gasteiger partial charge in [0, 0.05) is 12.3 Å². The monoisotopic (exact) mass is 309 g/mol. The summed E-state index contributed by atoms with van der Waals surface area (Å²) in [7, 11) is 0. The summed E-state index contributed by atoms with van der Waals surface area (Å²) in [6, 6.07) is 8.20. The van der Waals surface area contributed by atoms with E-state index in [1.807, 2.05) is 32.9 Å². The molecule has 0 spiro atoms. The summed E-state index contributed by atoms with van der Waals surface area (Å²) in [4.78, 5) is 24.3. The van der Waals surface area contributed by atoms with Crippen LogP contribution < -0.4 is 0 Å². The van der Waals surface area contributed by atoms with Crippen LogP contribution in [0.3, 0.4) is 0 Å². The highest BCUT2D eigenvalue weighted by Gasteiger charge is 2.17. The number of benzene rings is 1. The molecule has 0 bridgehead atoms. The Hall–Kier alpha value is -1.49. The van der Waals surface area contributed by atoms with Gasteiger partial charge in [-0.3, -0.25) is 9.59 Å². The second-order valence-electron chi connectivity index (χ2n) is 5.54. The number of rotatable bonds is 8. The third kappa shape index (κ3) is 7.18. The average Bonchev–Trinajstić information content (AvgIpc) is 2.39. The van der Waals surface area contributed by atoms with E-state index in [0.717, 1.165) is 5.75 Å². The zero-order chi connectivity index (χ0) is 15.8. The van der Waals surface area contributed by atoms with Crippen molar-refractivity contribution in [2.24, 2.45) is 5.92 Å². The molecule has 0 saturated carbocycles. The summed E-state index contributed by atoms with van der Waals surface area (Å²) in [6.45, 7) is 6.25. The van der Waals surface area contributed by atoms with Crippen molar-refractivity contribution in [2.45, 2.75) is 26.5 Å². The molecule has 0 heterocycles. The van der Waals surface area contributed by atoms with Crippen LogP contribution in [0.5, 0.6) is 0 Å². The van der Waals surface area contributed by atoms with E-state index in [9.17, 15) is 9.59 Å². The first-order valence-electron chi connectivity index (χ1n) is 7.01. The number of carboxylic acids is 1. The number of amides is 1. The molecule has 1 N–H and O–H groups in total. The summed E-state index contributed by atoms with van der Waals surface area (Å²) in [6.07, 6.45) is 0. The van der Waals surface area contributed by atoms with E-state index >= 15 is 0 Å². The molecule has 0 fully saturated rings. The molecule has 4 nitrogen and oxygen atoms in total. The van der Waals surface area contributed by atoms with Gasteiger partial charge in [0.05, 0.1) is 5.75 Å². The molecular formula is C16H23NO3S. The van der Waals surface area contributed by atoms with Crippen LogP contribution in [0.2, 0.25) is 0 Å². The van der Waals surface area contributed by atoms with E-state index < -0.39 is 5.97 Å². The molecule has 0 radical (unpaired) electrons. The predicted octanol–water partition coefficient (Wildman–Crippen LogP) is 2.80. The number of carbonyl (C=O) groups is 2. The molecule has 0 unspecified atom stereocenters. The Labute approximate surface area is 130 Å². The highest BCUT2D eigenvalue weighted by molar-refractivity contribution is 7.99. The number of nitrogens with zero attached hydrogens (tertiary/aromatic N) is 1. The van der Waals surface area contributed by atoms with Gasteiger partial charge in [-0.2, -0.15) is 0 Å². The number of hydrogen-bond acceptors (Lipinski definition) is 3. The molecule has 0 aliphatic heterocycles. The summed E-state index contributed by atoms with van der Waals surface area (Å²) in [5.74, 6) is 0.258. The minimum atomic E-state index is -0.965. The Morgan fingerprint density at radius 1 is 1.24 bits per heavy atom. The number of carboxylic acid groups (broad SMARTS) is 1. The number of aryl methyl sites for hydroxylation is 1. The SMILES string of the molecule is Cc1ccc(CSCC(=O)N(CC(=O)O)CC(C)C)cc1. The maximum absolute atomic E-state index is 12.1. The van der Waals surface area contributed by atoms with Gasteiger partial charge >= 0.3 is 5.97 Å². The fraction of sp³-hybridized carbons (Fsp3) is 0.500.